The van der Waals surface area contributed by atoms with E-state index in [-0.39, 0.29) is 18.0 Å². The van der Waals surface area contributed by atoms with E-state index in [9.17, 15) is 4.79 Å². The monoisotopic (exact) mass is 358 g/mol. The number of hydrogen-bond acceptors (Lipinski definition) is 4. The highest BCUT2D eigenvalue weighted by atomic mass is 79.9. The zero-order chi connectivity index (χ0) is 15.4. The van der Waals surface area contributed by atoms with Gasteiger partial charge in [-0.05, 0) is 36.7 Å². The Kier molecular flexibility index (Phi) is 5.78. The van der Waals surface area contributed by atoms with Crippen molar-refractivity contribution in [1.29, 1.82) is 0 Å². The number of rotatable bonds is 5. The van der Waals surface area contributed by atoms with Crippen molar-refractivity contribution in [3.8, 4) is 0 Å². The zero-order valence-electron chi connectivity index (χ0n) is 12.8. The van der Waals surface area contributed by atoms with Gasteiger partial charge in [-0.15, -0.1) is 0 Å². The van der Waals surface area contributed by atoms with Crippen molar-refractivity contribution < 1.29 is 9.53 Å². The summed E-state index contributed by atoms with van der Waals surface area (Å²) < 4.78 is 7.94. The van der Waals surface area contributed by atoms with Gasteiger partial charge in [-0.2, -0.15) is 5.10 Å². The van der Waals surface area contributed by atoms with E-state index in [0.29, 0.717) is 0 Å². The molecule has 1 saturated heterocycles. The number of hydrogen-bond donors (Lipinski definition) is 1. The number of nitrogens with zero attached hydrogens (tertiary/aromatic N) is 3. The fraction of sp³-hybridized carbons (Fsp3) is 0.714. The largest absolute Gasteiger partial charge is 0.379 e. The molecule has 6 nitrogen and oxygen atoms in total. The first-order chi connectivity index (χ1) is 9.97. The quantitative estimate of drug-likeness (QED) is 0.862. The van der Waals surface area contributed by atoms with Crippen molar-refractivity contribution in [1.82, 2.24) is 20.0 Å². The minimum absolute atomic E-state index is 0.00856. The zero-order valence-corrected chi connectivity index (χ0v) is 14.4. The van der Waals surface area contributed by atoms with Crippen LogP contribution in [0.4, 0.5) is 0 Å². The molecule has 1 aliphatic heterocycles. The van der Waals surface area contributed by atoms with Crippen LogP contribution >= 0.6 is 15.9 Å². The molecule has 7 heteroatoms. The summed E-state index contributed by atoms with van der Waals surface area (Å²) in [7, 11) is 0. The molecule has 1 aromatic heterocycles. The molecular weight excluding hydrogens is 336 g/mol. The molecule has 2 atom stereocenters. The van der Waals surface area contributed by atoms with Gasteiger partial charge in [0.15, 0.2) is 0 Å². The molecule has 1 aromatic rings. The number of halogens is 1. The van der Waals surface area contributed by atoms with E-state index in [1.807, 2.05) is 27.0 Å². The summed E-state index contributed by atoms with van der Waals surface area (Å²) >= 11 is 3.42. The van der Waals surface area contributed by atoms with Gasteiger partial charge in [0, 0.05) is 31.9 Å². The maximum atomic E-state index is 12.3. The second-order valence-corrected chi connectivity index (χ2v) is 6.40. The number of morpholine rings is 1. The molecule has 2 rings (SSSR count). The third-order valence-electron chi connectivity index (χ3n) is 3.66. The molecule has 0 bridgehead atoms. The van der Waals surface area contributed by atoms with Crippen LogP contribution in [0.1, 0.15) is 25.6 Å². The summed E-state index contributed by atoms with van der Waals surface area (Å²) in [6.45, 7) is 10.1. The van der Waals surface area contributed by atoms with Crippen LogP contribution in [0, 0.1) is 6.92 Å². The van der Waals surface area contributed by atoms with Crippen molar-refractivity contribution in [3.05, 3.63) is 16.4 Å². The van der Waals surface area contributed by atoms with E-state index in [0.717, 1.165) is 43.0 Å². The lowest BCUT2D eigenvalue weighted by atomic mass is 10.2. The average Bonchev–Trinajstić information content (AvgIpc) is 2.78. The van der Waals surface area contributed by atoms with Crippen molar-refractivity contribution in [3.63, 3.8) is 0 Å². The van der Waals surface area contributed by atoms with Gasteiger partial charge in [0.2, 0.25) is 5.91 Å². The average molecular weight is 359 g/mol. The first-order valence-corrected chi connectivity index (χ1v) is 8.08. The van der Waals surface area contributed by atoms with Crippen LogP contribution in [0.2, 0.25) is 0 Å². The van der Waals surface area contributed by atoms with E-state index in [4.69, 9.17) is 4.74 Å². The highest BCUT2D eigenvalue weighted by Gasteiger charge is 2.20. The maximum absolute atomic E-state index is 12.3. The molecule has 0 saturated carbocycles. The highest BCUT2D eigenvalue weighted by molar-refractivity contribution is 9.10. The Balaban J connectivity index is 1.84. The number of nitrogens with one attached hydrogen (secondary N) is 1. The Labute approximate surface area is 133 Å². The minimum Gasteiger partial charge on any atom is -0.379 e. The third-order valence-corrected chi connectivity index (χ3v) is 4.44. The lowest BCUT2D eigenvalue weighted by Gasteiger charge is -2.29. The molecule has 1 amide bonds. The minimum atomic E-state index is -0.317. The summed E-state index contributed by atoms with van der Waals surface area (Å²) in [6, 6.07) is -0.208. The molecule has 2 heterocycles. The molecule has 21 heavy (non-hydrogen) atoms. The number of amides is 1. The normalized spacial score (nSPS) is 19.2. The summed E-state index contributed by atoms with van der Waals surface area (Å²) in [4.78, 5) is 14.6. The Morgan fingerprint density at radius 2 is 2.14 bits per heavy atom. The Hall–Kier alpha value is -0.920. The Morgan fingerprint density at radius 1 is 1.48 bits per heavy atom. The van der Waals surface area contributed by atoms with E-state index in [1.54, 1.807) is 4.68 Å². The summed E-state index contributed by atoms with van der Waals surface area (Å²) in [5.41, 5.74) is 0.885. The topological polar surface area (TPSA) is 59.4 Å². The number of aromatic nitrogens is 2. The van der Waals surface area contributed by atoms with Crippen molar-refractivity contribution in [2.45, 2.75) is 32.9 Å². The molecule has 0 aromatic carbocycles. The second kappa shape index (κ2) is 7.38. The highest BCUT2D eigenvalue weighted by Crippen LogP contribution is 2.16. The summed E-state index contributed by atoms with van der Waals surface area (Å²) in [5, 5.41) is 7.39. The number of aryl methyl sites for hydroxylation is 1. The fourth-order valence-electron chi connectivity index (χ4n) is 2.36. The Morgan fingerprint density at radius 3 is 2.71 bits per heavy atom. The fourth-order valence-corrected chi connectivity index (χ4v) is 2.65. The summed E-state index contributed by atoms with van der Waals surface area (Å²) in [6.07, 6.45) is 1.84. The van der Waals surface area contributed by atoms with Gasteiger partial charge >= 0.3 is 0 Å². The molecule has 0 unspecified atom stereocenters. The molecular formula is C14H23BrN4O2. The SMILES string of the molecule is Cc1nn([C@@H](C)C(=O)N[C@@H](C)CN2CCOCC2)cc1Br. The van der Waals surface area contributed by atoms with Crippen LogP contribution in [-0.2, 0) is 9.53 Å². The van der Waals surface area contributed by atoms with Crippen molar-refractivity contribution in [2.24, 2.45) is 0 Å². The van der Waals surface area contributed by atoms with E-state index in [1.165, 1.54) is 0 Å². The first-order valence-electron chi connectivity index (χ1n) is 7.29. The van der Waals surface area contributed by atoms with Crippen LogP contribution in [0.3, 0.4) is 0 Å². The maximum Gasteiger partial charge on any atom is 0.244 e. The Bertz CT molecular complexity index is 466. The number of carbonyl (C=O) groups is 1. The smallest absolute Gasteiger partial charge is 0.244 e. The van der Waals surface area contributed by atoms with Gasteiger partial charge in [-0.3, -0.25) is 14.4 Å². The van der Waals surface area contributed by atoms with Gasteiger partial charge in [0.1, 0.15) is 6.04 Å². The molecule has 118 valence electrons. The van der Waals surface area contributed by atoms with Crippen molar-refractivity contribution >= 4 is 21.8 Å². The van der Waals surface area contributed by atoms with E-state index >= 15 is 0 Å². The van der Waals surface area contributed by atoms with Crippen LogP contribution in [-0.4, -0.2) is 59.5 Å². The van der Waals surface area contributed by atoms with Gasteiger partial charge in [-0.1, -0.05) is 0 Å². The molecule has 0 spiro atoms. The second-order valence-electron chi connectivity index (χ2n) is 5.54. The predicted octanol–water partition coefficient (Wildman–Crippen LogP) is 1.35. The van der Waals surface area contributed by atoms with Gasteiger partial charge in [-0.25, -0.2) is 0 Å². The van der Waals surface area contributed by atoms with Crippen LogP contribution in [0.15, 0.2) is 10.7 Å². The van der Waals surface area contributed by atoms with E-state index < -0.39 is 0 Å². The van der Waals surface area contributed by atoms with Gasteiger partial charge in [0.25, 0.3) is 0 Å². The molecule has 1 fully saturated rings. The molecule has 1 N–H and O–H groups in total. The summed E-state index contributed by atoms with van der Waals surface area (Å²) in [5.74, 6) is -0.00856. The van der Waals surface area contributed by atoms with E-state index in [2.05, 4.69) is 31.2 Å². The third kappa shape index (κ3) is 4.52. The van der Waals surface area contributed by atoms with Gasteiger partial charge < -0.3 is 10.1 Å². The van der Waals surface area contributed by atoms with Crippen LogP contribution in [0.25, 0.3) is 0 Å². The van der Waals surface area contributed by atoms with Gasteiger partial charge in [0.05, 0.1) is 23.4 Å². The lowest BCUT2D eigenvalue weighted by Crippen LogP contribution is -2.47. The predicted molar refractivity (Wildman–Crippen MR) is 84.2 cm³/mol. The first kappa shape index (κ1) is 16.5. The van der Waals surface area contributed by atoms with Crippen molar-refractivity contribution in [2.75, 3.05) is 32.8 Å². The number of carbonyl (C=O) groups excluding carboxylic acids is 1. The molecule has 1 aliphatic rings. The van der Waals surface area contributed by atoms with Crippen LogP contribution in [0.5, 0.6) is 0 Å². The lowest BCUT2D eigenvalue weighted by molar-refractivity contribution is -0.124. The molecule has 0 aliphatic carbocycles. The number of ether oxygens (including phenoxy) is 1. The molecule has 0 radical (unpaired) electrons. The standard InChI is InChI=1S/C14H23BrN4O2/c1-10(8-18-4-6-21-7-5-18)16-14(20)12(3)19-9-13(15)11(2)17-19/h9-10,12H,4-8H2,1-3H3,(H,16,20)/t10-,12-/m0/s1. The van der Waals surface area contributed by atoms with Crippen LogP contribution < -0.4 is 5.32 Å².